The number of nitrogens with zero attached hydrogens (tertiary/aromatic N) is 3. The first kappa shape index (κ1) is 15.4. The zero-order chi connectivity index (χ0) is 15.5. The molecule has 0 saturated carbocycles. The molecule has 0 unspecified atom stereocenters. The van der Waals surface area contributed by atoms with Crippen LogP contribution in [0.25, 0.3) is 0 Å². The fraction of sp³-hybridized carbons (Fsp3) is 0.538. The third-order valence-electron chi connectivity index (χ3n) is 3.22. The van der Waals surface area contributed by atoms with Crippen LogP contribution in [0.5, 0.6) is 5.75 Å². The van der Waals surface area contributed by atoms with E-state index < -0.39 is 11.7 Å². The number of ether oxygens (including phenoxy) is 1. The van der Waals surface area contributed by atoms with E-state index in [2.05, 4.69) is 4.98 Å². The van der Waals surface area contributed by atoms with Gasteiger partial charge in [-0.1, -0.05) is 0 Å². The summed E-state index contributed by atoms with van der Waals surface area (Å²) in [6.07, 6.45) is -2.88. The van der Waals surface area contributed by atoms with Gasteiger partial charge in [0.2, 0.25) is 6.41 Å². The highest BCUT2D eigenvalue weighted by Crippen LogP contribution is 2.35. The molecule has 2 rings (SSSR count). The van der Waals surface area contributed by atoms with Crippen molar-refractivity contribution in [2.24, 2.45) is 0 Å². The van der Waals surface area contributed by atoms with E-state index in [1.54, 1.807) is 11.8 Å². The number of carbonyl (C=O) groups is 1. The number of anilines is 1. The van der Waals surface area contributed by atoms with Gasteiger partial charge in [-0.05, 0) is 13.0 Å². The molecule has 1 saturated heterocycles. The summed E-state index contributed by atoms with van der Waals surface area (Å²) in [7, 11) is 0. The molecular formula is C13H16F3N3O2. The van der Waals surface area contributed by atoms with Crippen LogP contribution in [0.3, 0.4) is 0 Å². The lowest BCUT2D eigenvalue weighted by molar-refractivity contribution is -0.138. The Morgan fingerprint density at radius 2 is 2.00 bits per heavy atom. The Labute approximate surface area is 120 Å². The topological polar surface area (TPSA) is 45.7 Å². The number of aromatic nitrogens is 1. The standard InChI is InChI=1S/C13H16F3N3O2/c1-2-21-11-7-10(13(14,15)16)8-17-12(11)19-5-3-18(9-20)4-6-19/h7-9H,2-6H2,1H3. The quantitative estimate of drug-likeness (QED) is 0.795. The predicted molar refractivity (Wildman–Crippen MR) is 70.3 cm³/mol. The first-order chi connectivity index (χ1) is 9.95. The average molecular weight is 303 g/mol. The highest BCUT2D eigenvalue weighted by molar-refractivity contribution is 5.55. The molecule has 116 valence electrons. The van der Waals surface area contributed by atoms with Crippen molar-refractivity contribution >= 4 is 12.2 Å². The molecule has 8 heteroatoms. The SMILES string of the molecule is CCOc1cc(C(F)(F)F)cnc1N1CCN(C=O)CC1. The van der Waals surface area contributed by atoms with Crippen LogP contribution in [0.15, 0.2) is 12.3 Å². The zero-order valence-electron chi connectivity index (χ0n) is 11.6. The van der Waals surface area contributed by atoms with E-state index in [4.69, 9.17) is 4.74 Å². The van der Waals surface area contributed by atoms with Crippen molar-refractivity contribution in [3.8, 4) is 5.75 Å². The number of piperazine rings is 1. The molecule has 0 aliphatic carbocycles. The molecular weight excluding hydrogens is 287 g/mol. The number of amides is 1. The number of hydrogen-bond donors (Lipinski definition) is 0. The van der Waals surface area contributed by atoms with Crippen LogP contribution < -0.4 is 9.64 Å². The minimum Gasteiger partial charge on any atom is -0.490 e. The van der Waals surface area contributed by atoms with Gasteiger partial charge in [0.25, 0.3) is 0 Å². The third kappa shape index (κ3) is 3.56. The summed E-state index contributed by atoms with van der Waals surface area (Å²) >= 11 is 0. The smallest absolute Gasteiger partial charge is 0.418 e. The van der Waals surface area contributed by atoms with Crippen LogP contribution >= 0.6 is 0 Å². The molecule has 5 nitrogen and oxygen atoms in total. The number of carbonyl (C=O) groups excluding carboxylic acids is 1. The van der Waals surface area contributed by atoms with E-state index in [-0.39, 0.29) is 12.4 Å². The third-order valence-corrected chi connectivity index (χ3v) is 3.22. The second-order valence-corrected chi connectivity index (χ2v) is 4.60. The van der Waals surface area contributed by atoms with E-state index in [9.17, 15) is 18.0 Å². The van der Waals surface area contributed by atoms with Gasteiger partial charge in [-0.15, -0.1) is 0 Å². The van der Waals surface area contributed by atoms with Gasteiger partial charge >= 0.3 is 6.18 Å². The Kier molecular flexibility index (Phi) is 4.54. The molecule has 1 amide bonds. The maximum Gasteiger partial charge on any atom is 0.418 e. The summed E-state index contributed by atoms with van der Waals surface area (Å²) in [6.45, 7) is 4.00. The molecule has 0 radical (unpaired) electrons. The zero-order valence-corrected chi connectivity index (χ0v) is 11.6. The number of rotatable bonds is 4. The Bertz CT molecular complexity index is 500. The van der Waals surface area contributed by atoms with Gasteiger partial charge in [-0.3, -0.25) is 4.79 Å². The van der Waals surface area contributed by atoms with E-state index in [1.807, 2.05) is 4.90 Å². The molecule has 2 heterocycles. The average Bonchev–Trinajstić information content (AvgIpc) is 2.47. The molecule has 1 aromatic rings. The number of hydrogen-bond acceptors (Lipinski definition) is 4. The van der Waals surface area contributed by atoms with Crippen molar-refractivity contribution < 1.29 is 22.7 Å². The van der Waals surface area contributed by atoms with Crippen molar-refractivity contribution in [1.29, 1.82) is 0 Å². The van der Waals surface area contributed by atoms with Gasteiger partial charge in [0.05, 0.1) is 12.2 Å². The fourth-order valence-corrected chi connectivity index (χ4v) is 2.13. The minimum atomic E-state index is -4.45. The second kappa shape index (κ2) is 6.19. The lowest BCUT2D eigenvalue weighted by atomic mass is 10.2. The highest BCUT2D eigenvalue weighted by Gasteiger charge is 2.33. The van der Waals surface area contributed by atoms with Gasteiger partial charge in [0.1, 0.15) is 0 Å². The molecule has 21 heavy (non-hydrogen) atoms. The second-order valence-electron chi connectivity index (χ2n) is 4.60. The molecule has 0 bridgehead atoms. The van der Waals surface area contributed by atoms with E-state index in [0.29, 0.717) is 32.0 Å². The maximum atomic E-state index is 12.7. The highest BCUT2D eigenvalue weighted by atomic mass is 19.4. The first-order valence-electron chi connectivity index (χ1n) is 6.60. The Morgan fingerprint density at radius 1 is 1.33 bits per heavy atom. The Morgan fingerprint density at radius 3 is 2.52 bits per heavy atom. The van der Waals surface area contributed by atoms with Gasteiger partial charge < -0.3 is 14.5 Å². The molecule has 1 aliphatic rings. The summed E-state index contributed by atoms with van der Waals surface area (Å²) in [6, 6.07) is 0.970. The molecule has 1 aliphatic heterocycles. The van der Waals surface area contributed by atoms with Gasteiger partial charge in [-0.2, -0.15) is 13.2 Å². The molecule has 0 spiro atoms. The number of alkyl halides is 3. The number of halogens is 3. The summed E-state index contributed by atoms with van der Waals surface area (Å²) in [5, 5.41) is 0. The van der Waals surface area contributed by atoms with Crippen LogP contribution in [0, 0.1) is 0 Å². The van der Waals surface area contributed by atoms with Crippen molar-refractivity contribution in [1.82, 2.24) is 9.88 Å². The van der Waals surface area contributed by atoms with Crippen LogP contribution in [-0.2, 0) is 11.0 Å². The van der Waals surface area contributed by atoms with Crippen molar-refractivity contribution in [2.45, 2.75) is 13.1 Å². The Hall–Kier alpha value is -1.99. The molecule has 0 N–H and O–H groups in total. The van der Waals surface area contributed by atoms with E-state index in [0.717, 1.165) is 18.7 Å². The van der Waals surface area contributed by atoms with Gasteiger partial charge in [0, 0.05) is 32.4 Å². The van der Waals surface area contributed by atoms with Crippen LogP contribution in [0.4, 0.5) is 19.0 Å². The maximum absolute atomic E-state index is 12.7. The van der Waals surface area contributed by atoms with Crippen molar-refractivity contribution in [3.63, 3.8) is 0 Å². The van der Waals surface area contributed by atoms with E-state index in [1.165, 1.54) is 0 Å². The fourth-order valence-electron chi connectivity index (χ4n) is 2.13. The molecule has 1 fully saturated rings. The summed E-state index contributed by atoms with van der Waals surface area (Å²) in [5.41, 5.74) is -0.832. The van der Waals surface area contributed by atoms with Crippen molar-refractivity contribution in [3.05, 3.63) is 17.8 Å². The lowest BCUT2D eigenvalue weighted by Crippen LogP contribution is -2.46. The summed E-state index contributed by atoms with van der Waals surface area (Å²) in [5.74, 6) is 0.502. The Balaban J connectivity index is 2.24. The molecule has 1 aromatic heterocycles. The monoisotopic (exact) mass is 303 g/mol. The van der Waals surface area contributed by atoms with Gasteiger partial charge in [-0.25, -0.2) is 4.98 Å². The summed E-state index contributed by atoms with van der Waals surface area (Å²) in [4.78, 5) is 18.0. The van der Waals surface area contributed by atoms with Crippen molar-refractivity contribution in [2.75, 3.05) is 37.7 Å². The molecule has 0 aromatic carbocycles. The molecule has 0 atom stereocenters. The van der Waals surface area contributed by atoms with E-state index >= 15 is 0 Å². The predicted octanol–water partition coefficient (Wildman–Crippen LogP) is 1.78. The lowest BCUT2D eigenvalue weighted by Gasteiger charge is -2.34. The summed E-state index contributed by atoms with van der Waals surface area (Å²) < 4.78 is 43.5. The first-order valence-corrected chi connectivity index (χ1v) is 6.60. The minimum absolute atomic E-state index is 0.117. The normalized spacial score (nSPS) is 16.0. The van der Waals surface area contributed by atoms with Crippen LogP contribution in [0.1, 0.15) is 12.5 Å². The number of pyridine rings is 1. The van der Waals surface area contributed by atoms with Crippen LogP contribution in [0.2, 0.25) is 0 Å². The largest absolute Gasteiger partial charge is 0.490 e. The van der Waals surface area contributed by atoms with Gasteiger partial charge in [0.15, 0.2) is 11.6 Å². The van der Waals surface area contributed by atoms with Crippen LogP contribution in [-0.4, -0.2) is 49.1 Å².